The van der Waals surface area contributed by atoms with E-state index in [-0.39, 0.29) is 17.9 Å². The molecule has 0 saturated carbocycles. The molecular weight excluding hydrogens is 278 g/mol. The molecule has 0 aliphatic carbocycles. The number of carbonyl (C=O) groups is 3. The maximum atomic E-state index is 11.9. The predicted molar refractivity (Wildman–Crippen MR) is 74.7 cm³/mol. The van der Waals surface area contributed by atoms with Crippen molar-refractivity contribution in [2.45, 2.75) is 19.9 Å². The van der Waals surface area contributed by atoms with Gasteiger partial charge in [0, 0.05) is 32.7 Å². The molecule has 1 aliphatic heterocycles. The zero-order valence-corrected chi connectivity index (χ0v) is 12.6. The van der Waals surface area contributed by atoms with E-state index in [0.29, 0.717) is 26.2 Å². The number of ether oxygens (including phenoxy) is 1. The summed E-state index contributed by atoms with van der Waals surface area (Å²) in [5.74, 6) is -1.63. The van der Waals surface area contributed by atoms with Crippen LogP contribution in [0.2, 0.25) is 0 Å². The molecule has 120 valence electrons. The van der Waals surface area contributed by atoms with Gasteiger partial charge in [-0.3, -0.25) is 9.59 Å². The van der Waals surface area contributed by atoms with E-state index >= 15 is 0 Å². The average Bonchev–Trinajstić information content (AvgIpc) is 2.36. The van der Waals surface area contributed by atoms with Gasteiger partial charge in [-0.2, -0.15) is 0 Å². The van der Waals surface area contributed by atoms with Crippen LogP contribution in [0, 0.1) is 11.8 Å². The first-order valence-electron chi connectivity index (χ1n) is 6.91. The lowest BCUT2D eigenvalue weighted by Gasteiger charge is -2.41. The zero-order valence-electron chi connectivity index (χ0n) is 12.6. The normalized spacial score (nSPS) is 17.6. The lowest BCUT2D eigenvalue weighted by molar-refractivity contribution is -0.144. The molecular formula is C13H23N3O5. The number of likely N-dealkylation sites (tertiary alicyclic amines) is 1. The molecule has 0 bridgehead atoms. The first kappa shape index (κ1) is 17.2. The van der Waals surface area contributed by atoms with Gasteiger partial charge in [-0.05, 0) is 6.92 Å². The lowest BCUT2D eigenvalue weighted by Crippen LogP contribution is -2.59. The molecule has 0 radical (unpaired) electrons. The van der Waals surface area contributed by atoms with E-state index in [1.807, 2.05) is 0 Å². The Hall–Kier alpha value is -1.83. The van der Waals surface area contributed by atoms with Crippen LogP contribution in [0.3, 0.4) is 0 Å². The van der Waals surface area contributed by atoms with E-state index in [1.165, 1.54) is 12.0 Å². The Morgan fingerprint density at radius 1 is 1.33 bits per heavy atom. The van der Waals surface area contributed by atoms with Crippen molar-refractivity contribution in [3.63, 3.8) is 0 Å². The number of methoxy groups -OCH3 is 1. The zero-order chi connectivity index (χ0) is 16.0. The summed E-state index contributed by atoms with van der Waals surface area (Å²) in [5.41, 5.74) is 0. The molecule has 0 spiro atoms. The van der Waals surface area contributed by atoms with Gasteiger partial charge in [0.2, 0.25) is 5.91 Å². The van der Waals surface area contributed by atoms with E-state index in [4.69, 9.17) is 9.84 Å². The molecule has 1 heterocycles. The molecule has 1 aliphatic rings. The summed E-state index contributed by atoms with van der Waals surface area (Å²) in [4.78, 5) is 35.9. The Labute approximate surface area is 123 Å². The summed E-state index contributed by atoms with van der Waals surface area (Å²) in [6.45, 7) is 4.82. The van der Waals surface area contributed by atoms with Crippen molar-refractivity contribution in [2.24, 2.45) is 11.8 Å². The van der Waals surface area contributed by atoms with Crippen molar-refractivity contribution in [1.29, 1.82) is 0 Å². The Morgan fingerprint density at radius 2 is 1.95 bits per heavy atom. The van der Waals surface area contributed by atoms with Gasteiger partial charge in [0.05, 0.1) is 12.5 Å². The van der Waals surface area contributed by atoms with Crippen LogP contribution in [-0.4, -0.2) is 67.3 Å². The van der Waals surface area contributed by atoms with Gasteiger partial charge in [-0.25, -0.2) is 4.79 Å². The summed E-state index contributed by atoms with van der Waals surface area (Å²) in [6.07, 6.45) is 0. The van der Waals surface area contributed by atoms with Gasteiger partial charge in [-0.15, -0.1) is 0 Å². The third-order valence-corrected chi connectivity index (χ3v) is 3.63. The summed E-state index contributed by atoms with van der Waals surface area (Å²) in [6, 6.07) is -0.997. The second-order valence-electron chi connectivity index (χ2n) is 5.25. The minimum absolute atomic E-state index is 0.0286. The third-order valence-electron chi connectivity index (χ3n) is 3.63. The molecule has 3 N–H and O–H groups in total. The van der Waals surface area contributed by atoms with Gasteiger partial charge in [0.1, 0.15) is 6.04 Å². The molecule has 21 heavy (non-hydrogen) atoms. The van der Waals surface area contributed by atoms with Crippen molar-refractivity contribution in [3.05, 3.63) is 0 Å². The maximum absolute atomic E-state index is 11.9. The highest BCUT2D eigenvalue weighted by atomic mass is 16.5. The van der Waals surface area contributed by atoms with Gasteiger partial charge >= 0.3 is 12.0 Å². The molecule has 2 unspecified atom stereocenters. The monoisotopic (exact) mass is 301 g/mol. The first-order chi connectivity index (χ1) is 9.86. The molecule has 0 aromatic heterocycles. The Bertz CT molecular complexity index is 395. The Morgan fingerprint density at radius 3 is 2.48 bits per heavy atom. The van der Waals surface area contributed by atoms with E-state index in [0.717, 1.165) is 0 Å². The third kappa shape index (κ3) is 4.89. The number of nitrogens with zero attached hydrogens (tertiary/aromatic N) is 1. The number of carbonyl (C=O) groups excluding carboxylic acids is 2. The summed E-state index contributed by atoms with van der Waals surface area (Å²) < 4.78 is 4.81. The van der Waals surface area contributed by atoms with Crippen LogP contribution >= 0.6 is 0 Å². The lowest BCUT2D eigenvalue weighted by atomic mass is 9.87. The van der Waals surface area contributed by atoms with Gasteiger partial charge in [-0.1, -0.05) is 6.92 Å². The number of nitrogens with one attached hydrogen (secondary N) is 2. The molecule has 1 saturated heterocycles. The van der Waals surface area contributed by atoms with Crippen LogP contribution in [0.5, 0.6) is 0 Å². The van der Waals surface area contributed by atoms with Gasteiger partial charge in [0.25, 0.3) is 0 Å². The average molecular weight is 301 g/mol. The van der Waals surface area contributed by atoms with Gasteiger partial charge < -0.3 is 25.4 Å². The standard InChI is InChI=1S/C13H23N3O5/c1-8(12(18)19)10-6-16(7-10)13(20)15-9(2)11(17)14-4-5-21-3/h8-10H,4-7H2,1-3H3,(H,14,17)(H,15,20)(H,18,19). The molecule has 1 fully saturated rings. The predicted octanol–water partition coefficient (Wildman–Crippen LogP) is -0.500. The number of hydrogen-bond acceptors (Lipinski definition) is 4. The van der Waals surface area contributed by atoms with Crippen LogP contribution in [0.25, 0.3) is 0 Å². The van der Waals surface area contributed by atoms with E-state index in [1.54, 1.807) is 13.8 Å². The maximum Gasteiger partial charge on any atom is 0.318 e. The van der Waals surface area contributed by atoms with Crippen LogP contribution < -0.4 is 10.6 Å². The number of urea groups is 1. The highest BCUT2D eigenvalue weighted by Crippen LogP contribution is 2.23. The van der Waals surface area contributed by atoms with Crippen LogP contribution in [0.4, 0.5) is 4.79 Å². The van der Waals surface area contributed by atoms with Crippen LogP contribution in [0.15, 0.2) is 0 Å². The minimum atomic E-state index is -0.856. The fourth-order valence-corrected chi connectivity index (χ4v) is 1.97. The first-order valence-corrected chi connectivity index (χ1v) is 6.91. The summed E-state index contributed by atoms with van der Waals surface area (Å²) >= 11 is 0. The second-order valence-corrected chi connectivity index (χ2v) is 5.25. The Kier molecular flexibility index (Phi) is 6.41. The fourth-order valence-electron chi connectivity index (χ4n) is 1.97. The SMILES string of the molecule is COCCNC(=O)C(C)NC(=O)N1CC(C(C)C(=O)O)C1. The molecule has 8 heteroatoms. The molecule has 8 nitrogen and oxygen atoms in total. The minimum Gasteiger partial charge on any atom is -0.481 e. The molecule has 3 amide bonds. The van der Waals surface area contributed by atoms with E-state index in [2.05, 4.69) is 10.6 Å². The summed E-state index contributed by atoms with van der Waals surface area (Å²) in [7, 11) is 1.54. The summed E-state index contributed by atoms with van der Waals surface area (Å²) in [5, 5.41) is 14.1. The van der Waals surface area contributed by atoms with Crippen molar-refractivity contribution < 1.29 is 24.2 Å². The highest BCUT2D eigenvalue weighted by molar-refractivity contribution is 5.87. The molecule has 0 aromatic rings. The Balaban J connectivity index is 2.28. The largest absolute Gasteiger partial charge is 0.481 e. The van der Waals surface area contributed by atoms with Crippen molar-refractivity contribution in [1.82, 2.24) is 15.5 Å². The highest BCUT2D eigenvalue weighted by Gasteiger charge is 2.37. The van der Waals surface area contributed by atoms with Crippen LogP contribution in [-0.2, 0) is 14.3 Å². The number of carboxylic acids is 1. The van der Waals surface area contributed by atoms with E-state index < -0.39 is 17.9 Å². The number of amides is 3. The van der Waals surface area contributed by atoms with Gasteiger partial charge in [0.15, 0.2) is 0 Å². The second kappa shape index (κ2) is 7.82. The molecule has 1 rings (SSSR count). The number of aliphatic carboxylic acids is 1. The quantitative estimate of drug-likeness (QED) is 0.549. The smallest absolute Gasteiger partial charge is 0.318 e. The fraction of sp³-hybridized carbons (Fsp3) is 0.769. The van der Waals surface area contributed by atoms with Crippen molar-refractivity contribution in [3.8, 4) is 0 Å². The van der Waals surface area contributed by atoms with Crippen molar-refractivity contribution in [2.75, 3.05) is 33.4 Å². The number of hydrogen-bond donors (Lipinski definition) is 3. The van der Waals surface area contributed by atoms with E-state index in [9.17, 15) is 14.4 Å². The number of carboxylic acid groups (broad SMARTS) is 1. The van der Waals surface area contributed by atoms with Crippen LogP contribution in [0.1, 0.15) is 13.8 Å². The van der Waals surface area contributed by atoms with Crippen molar-refractivity contribution >= 4 is 17.9 Å². The number of rotatable bonds is 7. The molecule has 0 aromatic carbocycles. The molecule has 2 atom stereocenters. The topological polar surface area (TPSA) is 108 Å².